The molecule has 1 aliphatic rings. The Kier molecular flexibility index (Phi) is 9.85. The zero-order valence-corrected chi connectivity index (χ0v) is 24.9. The van der Waals surface area contributed by atoms with E-state index in [0.29, 0.717) is 41.7 Å². The van der Waals surface area contributed by atoms with Crippen LogP contribution in [0.25, 0.3) is 22.3 Å². The summed E-state index contributed by atoms with van der Waals surface area (Å²) in [5, 5.41) is 8.73. The highest BCUT2D eigenvalue weighted by atomic mass is 19.3. The van der Waals surface area contributed by atoms with Crippen molar-refractivity contribution in [2.24, 2.45) is 5.92 Å². The fourth-order valence-electron chi connectivity index (χ4n) is 5.90. The highest BCUT2D eigenvalue weighted by molar-refractivity contribution is 5.71. The number of hydrogen-bond donors (Lipinski definition) is 0. The lowest BCUT2D eigenvalue weighted by Gasteiger charge is -2.27. The quantitative estimate of drug-likeness (QED) is 0.135. The second-order valence-electron chi connectivity index (χ2n) is 11.5. The topological polar surface area (TPSA) is 33.0 Å². The Hall–Kier alpha value is -4.58. The number of benzene rings is 4. The maximum absolute atomic E-state index is 15.2. The van der Waals surface area contributed by atoms with Gasteiger partial charge in [-0.3, -0.25) is 0 Å². The minimum atomic E-state index is -4.71. The zero-order chi connectivity index (χ0) is 33.0. The minimum absolute atomic E-state index is 0.227. The summed E-state index contributed by atoms with van der Waals surface area (Å²) in [6.45, 7) is 2.16. The van der Waals surface area contributed by atoms with E-state index in [0.717, 1.165) is 44.1 Å². The molecule has 0 bridgehead atoms. The number of unbranched alkanes of at least 4 members (excludes halogenated alkanes) is 1. The Morgan fingerprint density at radius 1 is 0.761 bits per heavy atom. The van der Waals surface area contributed by atoms with Gasteiger partial charge in [0.15, 0.2) is 0 Å². The lowest BCUT2D eigenvalue weighted by molar-refractivity contribution is -0.189. The maximum atomic E-state index is 15.2. The molecule has 0 spiro atoms. The van der Waals surface area contributed by atoms with Gasteiger partial charge in [0.1, 0.15) is 52.0 Å². The first kappa shape index (κ1) is 32.8. The van der Waals surface area contributed by atoms with Gasteiger partial charge in [0.05, 0.1) is 0 Å². The fourth-order valence-corrected chi connectivity index (χ4v) is 5.90. The van der Waals surface area contributed by atoms with Gasteiger partial charge in [-0.15, -0.1) is 0 Å². The monoisotopic (exact) mass is 637 g/mol. The standard InChI is InChI=1S/C37H30F7NO/c1-2-3-4-5-22-6-8-23(9-7-22)24-10-12-25(13-11-24)26-14-15-29(31(38)16-26)27-17-34(41)36(35(42)18-27)37(43,44)46-28-19-32(39)30(21-45)33(40)20-28/h4-5,10-20,22-23H,2-3,6-9H2,1H3. The first-order valence-corrected chi connectivity index (χ1v) is 15.0. The van der Waals surface area contributed by atoms with Crippen LogP contribution in [0, 0.1) is 46.3 Å². The zero-order valence-electron chi connectivity index (χ0n) is 24.9. The molecule has 1 aliphatic carbocycles. The van der Waals surface area contributed by atoms with E-state index >= 15 is 4.39 Å². The van der Waals surface area contributed by atoms with Gasteiger partial charge in [0.2, 0.25) is 0 Å². The minimum Gasteiger partial charge on any atom is -0.429 e. The SMILES string of the molecule is CCCC=CC1CCC(c2ccc(-c3ccc(-c4cc(F)c(C(F)(F)Oc5cc(F)c(C#N)c(F)c5)c(F)c4)c(F)c3)cc2)CC1. The van der Waals surface area contributed by atoms with Crippen LogP contribution in [0.3, 0.4) is 0 Å². The Morgan fingerprint density at radius 2 is 1.35 bits per heavy atom. The summed E-state index contributed by atoms with van der Waals surface area (Å²) in [5.74, 6) is -7.36. The summed E-state index contributed by atoms with van der Waals surface area (Å²) >= 11 is 0. The molecule has 46 heavy (non-hydrogen) atoms. The van der Waals surface area contributed by atoms with Gasteiger partial charge in [-0.1, -0.05) is 61.9 Å². The van der Waals surface area contributed by atoms with Crippen molar-refractivity contribution in [2.45, 2.75) is 57.5 Å². The number of nitrogens with zero attached hydrogens (tertiary/aromatic N) is 1. The number of halogens is 7. The Morgan fingerprint density at radius 3 is 1.91 bits per heavy atom. The predicted molar refractivity (Wildman–Crippen MR) is 162 cm³/mol. The summed E-state index contributed by atoms with van der Waals surface area (Å²) in [6.07, 6.45) is 6.63. The molecule has 0 amide bonds. The molecular weight excluding hydrogens is 607 g/mol. The molecule has 238 valence electrons. The van der Waals surface area contributed by atoms with Gasteiger partial charge in [-0.05, 0) is 84.4 Å². The molecule has 1 fully saturated rings. The molecule has 0 radical (unpaired) electrons. The van der Waals surface area contributed by atoms with E-state index < -0.39 is 52.1 Å². The summed E-state index contributed by atoms with van der Waals surface area (Å²) in [6, 6.07) is 14.8. The maximum Gasteiger partial charge on any atom is 0.432 e. The number of hydrogen-bond acceptors (Lipinski definition) is 2. The molecular formula is C37H30F7NO. The number of allylic oxidation sites excluding steroid dienone is 2. The third-order valence-electron chi connectivity index (χ3n) is 8.34. The molecule has 0 aliphatic heterocycles. The van der Waals surface area contributed by atoms with Crippen LogP contribution in [0.2, 0.25) is 0 Å². The number of alkyl halides is 2. The van der Waals surface area contributed by atoms with Gasteiger partial charge in [-0.25, -0.2) is 22.0 Å². The van der Waals surface area contributed by atoms with Crippen molar-refractivity contribution in [3.05, 3.63) is 125 Å². The van der Waals surface area contributed by atoms with E-state index in [1.54, 1.807) is 6.07 Å². The van der Waals surface area contributed by atoms with Crippen molar-refractivity contribution in [2.75, 3.05) is 0 Å². The van der Waals surface area contributed by atoms with E-state index in [2.05, 4.69) is 23.8 Å². The lowest BCUT2D eigenvalue weighted by Crippen LogP contribution is -2.25. The molecule has 0 unspecified atom stereocenters. The van der Waals surface area contributed by atoms with Crippen LogP contribution in [0.5, 0.6) is 5.75 Å². The normalized spacial score (nSPS) is 16.8. The average Bonchev–Trinajstić information content (AvgIpc) is 3.01. The van der Waals surface area contributed by atoms with E-state index in [-0.39, 0.29) is 11.1 Å². The molecule has 9 heteroatoms. The van der Waals surface area contributed by atoms with Crippen LogP contribution < -0.4 is 4.74 Å². The van der Waals surface area contributed by atoms with E-state index in [4.69, 9.17) is 5.26 Å². The fraction of sp³-hybridized carbons (Fsp3) is 0.270. The van der Waals surface area contributed by atoms with Crippen LogP contribution in [0.1, 0.15) is 68.1 Å². The molecule has 0 saturated heterocycles. The van der Waals surface area contributed by atoms with Crippen LogP contribution in [-0.4, -0.2) is 0 Å². The highest BCUT2D eigenvalue weighted by Crippen LogP contribution is 2.40. The third-order valence-corrected chi connectivity index (χ3v) is 8.34. The van der Waals surface area contributed by atoms with Gasteiger partial charge < -0.3 is 4.74 Å². The van der Waals surface area contributed by atoms with Crippen LogP contribution >= 0.6 is 0 Å². The Labute approximate surface area is 262 Å². The number of nitriles is 1. The van der Waals surface area contributed by atoms with Crippen molar-refractivity contribution >= 4 is 0 Å². The third kappa shape index (κ3) is 7.12. The van der Waals surface area contributed by atoms with E-state index in [9.17, 15) is 26.3 Å². The second-order valence-corrected chi connectivity index (χ2v) is 11.5. The first-order chi connectivity index (χ1) is 22.0. The van der Waals surface area contributed by atoms with Gasteiger partial charge in [-0.2, -0.15) is 14.0 Å². The van der Waals surface area contributed by atoms with E-state index in [1.807, 2.05) is 24.3 Å². The van der Waals surface area contributed by atoms with Crippen LogP contribution in [0.15, 0.2) is 78.9 Å². The summed E-state index contributed by atoms with van der Waals surface area (Å²) in [5.41, 5.74) is -0.953. The summed E-state index contributed by atoms with van der Waals surface area (Å²) in [7, 11) is 0. The van der Waals surface area contributed by atoms with Crippen LogP contribution in [-0.2, 0) is 6.11 Å². The molecule has 1 saturated carbocycles. The summed E-state index contributed by atoms with van der Waals surface area (Å²) in [4.78, 5) is 0. The largest absolute Gasteiger partial charge is 0.432 e. The van der Waals surface area contributed by atoms with Crippen molar-refractivity contribution in [3.63, 3.8) is 0 Å². The van der Waals surface area contributed by atoms with E-state index in [1.165, 1.54) is 23.8 Å². The van der Waals surface area contributed by atoms with Crippen molar-refractivity contribution in [1.29, 1.82) is 5.26 Å². The summed E-state index contributed by atoms with van der Waals surface area (Å²) < 4.78 is 107. The molecule has 0 aromatic heterocycles. The predicted octanol–water partition coefficient (Wildman–Crippen LogP) is 11.3. The van der Waals surface area contributed by atoms with Crippen molar-refractivity contribution in [1.82, 2.24) is 0 Å². The van der Waals surface area contributed by atoms with Gasteiger partial charge in [0.25, 0.3) is 0 Å². The average molecular weight is 638 g/mol. The Bertz CT molecular complexity index is 1740. The highest BCUT2D eigenvalue weighted by Gasteiger charge is 2.41. The second kappa shape index (κ2) is 13.8. The van der Waals surface area contributed by atoms with Crippen molar-refractivity contribution < 1.29 is 35.5 Å². The van der Waals surface area contributed by atoms with Crippen molar-refractivity contribution in [3.8, 4) is 34.1 Å². The lowest BCUT2D eigenvalue weighted by atomic mass is 9.78. The molecule has 4 aromatic carbocycles. The first-order valence-electron chi connectivity index (χ1n) is 15.0. The molecule has 2 nitrogen and oxygen atoms in total. The number of ether oxygens (including phenoxy) is 1. The van der Waals surface area contributed by atoms with Gasteiger partial charge >= 0.3 is 6.11 Å². The number of rotatable bonds is 9. The molecule has 0 heterocycles. The molecule has 4 aromatic rings. The smallest absolute Gasteiger partial charge is 0.429 e. The van der Waals surface area contributed by atoms with Gasteiger partial charge in [0, 0.05) is 17.7 Å². The molecule has 0 atom stereocenters. The molecule has 5 rings (SSSR count). The van der Waals surface area contributed by atoms with Crippen LogP contribution in [0.4, 0.5) is 30.7 Å². The Balaban J connectivity index is 1.31. The molecule has 0 N–H and O–H groups in total.